The monoisotopic (exact) mass is 876 g/mol. The molecule has 0 fully saturated rings. The molecule has 0 aliphatic carbocycles. The van der Waals surface area contributed by atoms with Crippen LogP contribution in [0.1, 0.15) is 41.5 Å². The number of benzene rings is 4. The van der Waals surface area contributed by atoms with E-state index in [2.05, 4.69) is 31.2 Å². The number of ether oxygens (including phenoxy) is 4. The SMILES string of the molecule is CCOC(=O)/C(Nc1ccccc1)=C(/Nc1ccc2c(c1)[nH]c(=O)n2CC)C(=O)OCC.CCOC(=O)/C(Nc1ccccc1)=C(\Nc1ccc2c(c1)[nH]c(=O)n2CC)C(=O)OCC. The van der Waals surface area contributed by atoms with Crippen LogP contribution in [0.15, 0.2) is 129 Å². The first-order valence-corrected chi connectivity index (χ1v) is 20.8. The Balaban J connectivity index is 0.000000241. The zero-order valence-corrected chi connectivity index (χ0v) is 36.5. The summed E-state index contributed by atoms with van der Waals surface area (Å²) >= 11 is 0. The number of aromatic amines is 2. The molecule has 64 heavy (non-hydrogen) atoms. The summed E-state index contributed by atoms with van der Waals surface area (Å²) in [6.45, 7) is 12.0. The van der Waals surface area contributed by atoms with Crippen LogP contribution in [0.5, 0.6) is 0 Å². The number of para-hydroxylation sites is 2. The number of hydrogen-bond donors (Lipinski definition) is 6. The Labute approximate surface area is 368 Å². The number of hydrogen-bond acceptors (Lipinski definition) is 14. The number of carbonyl (C=O) groups is 4. The van der Waals surface area contributed by atoms with E-state index in [0.717, 1.165) is 11.0 Å². The first-order valence-electron chi connectivity index (χ1n) is 20.8. The van der Waals surface area contributed by atoms with Gasteiger partial charge in [-0.2, -0.15) is 0 Å². The molecule has 0 saturated carbocycles. The van der Waals surface area contributed by atoms with Gasteiger partial charge in [-0.05, 0) is 102 Å². The van der Waals surface area contributed by atoms with E-state index in [-0.39, 0.29) is 60.6 Å². The first kappa shape index (κ1) is 47.0. The van der Waals surface area contributed by atoms with Gasteiger partial charge in [-0.1, -0.05) is 36.4 Å². The molecule has 2 aromatic heterocycles. The number of carbonyl (C=O) groups excluding carboxylic acids is 4. The number of nitrogens with one attached hydrogen (secondary N) is 6. The fourth-order valence-corrected chi connectivity index (χ4v) is 6.41. The fourth-order valence-electron chi connectivity index (χ4n) is 6.41. The van der Waals surface area contributed by atoms with Crippen LogP contribution in [0.4, 0.5) is 22.7 Å². The number of aromatic nitrogens is 4. The van der Waals surface area contributed by atoms with Crippen molar-refractivity contribution in [2.24, 2.45) is 0 Å². The predicted octanol–water partition coefficient (Wildman–Crippen LogP) is 6.42. The molecule has 0 saturated heterocycles. The highest BCUT2D eigenvalue weighted by atomic mass is 16.5. The Morgan fingerprint density at radius 3 is 1.02 bits per heavy atom. The lowest BCUT2D eigenvalue weighted by atomic mass is 10.2. The topological polar surface area (TPSA) is 229 Å². The van der Waals surface area contributed by atoms with Crippen molar-refractivity contribution in [3.05, 3.63) is 141 Å². The highest BCUT2D eigenvalue weighted by Crippen LogP contribution is 2.24. The molecule has 0 amide bonds. The molecule has 0 atom stereocenters. The average Bonchev–Trinajstić information content (AvgIpc) is 3.79. The van der Waals surface area contributed by atoms with E-state index in [1.807, 2.05) is 26.0 Å². The maximum Gasteiger partial charge on any atom is 0.357 e. The van der Waals surface area contributed by atoms with Gasteiger partial charge in [-0.3, -0.25) is 9.13 Å². The maximum atomic E-state index is 12.8. The lowest BCUT2D eigenvalue weighted by molar-refractivity contribution is -0.141. The molecule has 0 radical (unpaired) electrons. The molecule has 4 aromatic carbocycles. The Hall–Kier alpha value is -8.02. The van der Waals surface area contributed by atoms with Crippen molar-refractivity contribution >= 4 is 68.7 Å². The van der Waals surface area contributed by atoms with Gasteiger partial charge >= 0.3 is 35.3 Å². The highest BCUT2D eigenvalue weighted by Gasteiger charge is 2.26. The number of esters is 4. The van der Waals surface area contributed by atoms with E-state index in [1.54, 1.807) is 122 Å². The predicted molar refractivity (Wildman–Crippen MR) is 244 cm³/mol. The van der Waals surface area contributed by atoms with Crippen molar-refractivity contribution in [1.82, 2.24) is 19.1 Å². The summed E-state index contributed by atoms with van der Waals surface area (Å²) in [5.74, 6) is -2.87. The van der Waals surface area contributed by atoms with Gasteiger partial charge < -0.3 is 50.2 Å². The number of anilines is 4. The third-order valence-corrected chi connectivity index (χ3v) is 9.22. The van der Waals surface area contributed by atoms with Gasteiger partial charge in [0.2, 0.25) is 0 Å². The molecule has 6 N–H and O–H groups in total. The summed E-state index contributed by atoms with van der Waals surface area (Å²) in [5.41, 5.74) is 4.00. The highest BCUT2D eigenvalue weighted by molar-refractivity contribution is 6.05. The molecule has 6 rings (SSSR count). The molecule has 6 aromatic rings. The molecule has 18 nitrogen and oxygen atoms in total. The van der Waals surface area contributed by atoms with Crippen LogP contribution >= 0.6 is 0 Å². The van der Waals surface area contributed by atoms with Gasteiger partial charge in [0.15, 0.2) is 22.8 Å². The third-order valence-electron chi connectivity index (χ3n) is 9.22. The van der Waals surface area contributed by atoms with Gasteiger partial charge in [0.25, 0.3) is 0 Å². The van der Waals surface area contributed by atoms with Crippen LogP contribution in [0.3, 0.4) is 0 Å². The molecule has 0 aliphatic rings. The van der Waals surface area contributed by atoms with Crippen LogP contribution in [0, 0.1) is 0 Å². The summed E-state index contributed by atoms with van der Waals surface area (Å²) in [6, 6.07) is 28.2. The number of rotatable bonds is 18. The molecule has 336 valence electrons. The Morgan fingerprint density at radius 1 is 0.438 bits per heavy atom. The minimum Gasteiger partial charge on any atom is -0.461 e. The van der Waals surface area contributed by atoms with Crippen LogP contribution in [-0.2, 0) is 51.2 Å². The Bertz CT molecular complexity index is 2580. The van der Waals surface area contributed by atoms with Gasteiger partial charge in [-0.15, -0.1) is 0 Å². The zero-order chi connectivity index (χ0) is 46.2. The molecular formula is C46H52N8O10. The third kappa shape index (κ3) is 11.7. The zero-order valence-electron chi connectivity index (χ0n) is 36.5. The number of nitrogens with zero attached hydrogens (tertiary/aromatic N) is 2. The standard InChI is InChI=1S/2C23H26N4O5/c2*1-4-27-18-13-12-16(14-17(18)26-23(27)30)25-20(22(29)32-6-3)19(21(28)31-5-2)24-15-10-8-7-9-11-15/h2*7-14,24-25H,4-6H2,1-3H3,(H,26,30)/b20-19+;20-19-. The Kier molecular flexibility index (Phi) is 16.7. The molecule has 0 unspecified atom stereocenters. The fraction of sp³-hybridized carbons (Fsp3) is 0.261. The molecule has 0 aliphatic heterocycles. The quantitative estimate of drug-likeness (QED) is 0.0311. The van der Waals surface area contributed by atoms with Crippen LogP contribution in [0.25, 0.3) is 22.1 Å². The lowest BCUT2D eigenvalue weighted by Gasteiger charge is -2.17. The smallest absolute Gasteiger partial charge is 0.357 e. The van der Waals surface area contributed by atoms with Crippen LogP contribution in [-0.4, -0.2) is 69.4 Å². The van der Waals surface area contributed by atoms with E-state index in [4.69, 9.17) is 18.9 Å². The Morgan fingerprint density at radius 2 is 0.734 bits per heavy atom. The van der Waals surface area contributed by atoms with Crippen molar-refractivity contribution in [1.29, 1.82) is 0 Å². The van der Waals surface area contributed by atoms with Crippen molar-refractivity contribution in [3.8, 4) is 0 Å². The summed E-state index contributed by atoms with van der Waals surface area (Å²) in [6.07, 6.45) is 0. The molecule has 0 bridgehead atoms. The van der Waals surface area contributed by atoms with Gasteiger partial charge in [0.05, 0.1) is 48.5 Å². The largest absolute Gasteiger partial charge is 0.461 e. The molecular weight excluding hydrogens is 825 g/mol. The second-order valence-electron chi connectivity index (χ2n) is 13.4. The minimum atomic E-state index is -0.723. The number of aryl methyl sites for hydroxylation is 2. The van der Waals surface area contributed by atoms with Gasteiger partial charge in [-0.25, -0.2) is 28.8 Å². The van der Waals surface area contributed by atoms with Gasteiger partial charge in [0, 0.05) is 35.8 Å². The second kappa shape index (κ2) is 22.7. The number of H-pyrrole nitrogens is 2. The average molecular weight is 877 g/mol. The van der Waals surface area contributed by atoms with Crippen LogP contribution < -0.4 is 32.6 Å². The molecule has 0 spiro atoms. The van der Waals surface area contributed by atoms with E-state index < -0.39 is 23.9 Å². The van der Waals surface area contributed by atoms with E-state index in [1.165, 1.54) is 0 Å². The lowest BCUT2D eigenvalue weighted by Crippen LogP contribution is -2.25. The summed E-state index contributed by atoms with van der Waals surface area (Å²) in [5, 5.41) is 11.9. The van der Waals surface area contributed by atoms with Crippen LogP contribution in [0.2, 0.25) is 0 Å². The second-order valence-corrected chi connectivity index (χ2v) is 13.4. The maximum absolute atomic E-state index is 12.8. The van der Waals surface area contributed by atoms with E-state index >= 15 is 0 Å². The van der Waals surface area contributed by atoms with Gasteiger partial charge in [0.1, 0.15) is 0 Å². The number of imidazole rings is 2. The van der Waals surface area contributed by atoms with Crippen molar-refractivity contribution in [3.63, 3.8) is 0 Å². The van der Waals surface area contributed by atoms with Crippen molar-refractivity contribution in [2.45, 2.75) is 54.6 Å². The number of fused-ring (bicyclic) bond motifs is 2. The summed E-state index contributed by atoms with van der Waals surface area (Å²) < 4.78 is 23.9. The summed E-state index contributed by atoms with van der Waals surface area (Å²) in [4.78, 5) is 80.9. The van der Waals surface area contributed by atoms with Crippen molar-refractivity contribution < 1.29 is 38.1 Å². The molecule has 18 heteroatoms. The normalized spacial score (nSPS) is 11.6. The van der Waals surface area contributed by atoms with E-state index in [0.29, 0.717) is 46.9 Å². The van der Waals surface area contributed by atoms with E-state index in [9.17, 15) is 28.8 Å². The summed E-state index contributed by atoms with van der Waals surface area (Å²) in [7, 11) is 0. The molecule has 2 heterocycles. The minimum absolute atomic E-state index is 0.0868. The first-order chi connectivity index (χ1) is 31.0. The van der Waals surface area contributed by atoms with Crippen molar-refractivity contribution in [2.75, 3.05) is 47.7 Å².